The molecule has 1 heterocycles. The molecule has 6 nitrogen and oxygen atoms in total. The van der Waals surface area contributed by atoms with Crippen LogP contribution in [0.1, 0.15) is 24.0 Å². The number of aliphatic imine (C=N–C) groups is 2. The number of phenolic OH excluding ortho intramolecular Hbond substituents is 2. The largest absolute Gasteiger partial charge is 0.508 e. The summed E-state index contributed by atoms with van der Waals surface area (Å²) < 4.78 is 0. The Labute approximate surface area is 179 Å². The first-order valence-electron chi connectivity index (χ1n) is 10.7. The Morgan fingerprint density at radius 3 is 1.37 bits per heavy atom. The predicted octanol–water partition coefficient (Wildman–Crippen LogP) is 3.03. The summed E-state index contributed by atoms with van der Waals surface area (Å²) in [6, 6.07) is 14.2. The second kappa shape index (κ2) is 12.1. The maximum Gasteiger partial charge on any atom is 0.115 e. The number of aromatic hydroxyl groups is 2. The monoisotopic (exact) mass is 408 g/mol. The van der Waals surface area contributed by atoms with Crippen molar-refractivity contribution < 1.29 is 10.2 Å². The van der Waals surface area contributed by atoms with Crippen LogP contribution in [0.2, 0.25) is 0 Å². The van der Waals surface area contributed by atoms with Gasteiger partial charge in [0.05, 0.1) is 0 Å². The normalized spacial score (nSPS) is 16.0. The molecule has 2 aromatic rings. The molecule has 1 aliphatic rings. The van der Waals surface area contributed by atoms with E-state index in [0.717, 1.165) is 76.3 Å². The van der Waals surface area contributed by atoms with Crippen LogP contribution in [-0.4, -0.2) is 84.8 Å². The van der Waals surface area contributed by atoms with Crippen LogP contribution < -0.4 is 0 Å². The Kier molecular flexibility index (Phi) is 8.87. The number of piperazine rings is 1. The molecule has 0 radical (unpaired) electrons. The van der Waals surface area contributed by atoms with Gasteiger partial charge >= 0.3 is 0 Å². The van der Waals surface area contributed by atoms with Gasteiger partial charge in [0, 0.05) is 51.7 Å². The summed E-state index contributed by atoms with van der Waals surface area (Å²) in [4.78, 5) is 14.0. The Morgan fingerprint density at radius 1 is 0.633 bits per heavy atom. The fraction of sp³-hybridized carbons (Fsp3) is 0.417. The number of benzene rings is 2. The van der Waals surface area contributed by atoms with Gasteiger partial charge in [0.1, 0.15) is 11.5 Å². The molecule has 0 bridgehead atoms. The molecular weight excluding hydrogens is 376 g/mol. The molecule has 0 aliphatic carbocycles. The summed E-state index contributed by atoms with van der Waals surface area (Å²) in [5, 5.41) is 18.6. The molecule has 3 rings (SSSR count). The van der Waals surface area contributed by atoms with Crippen molar-refractivity contribution in [3.63, 3.8) is 0 Å². The minimum Gasteiger partial charge on any atom is -0.508 e. The van der Waals surface area contributed by atoms with E-state index in [1.54, 1.807) is 24.3 Å². The van der Waals surface area contributed by atoms with E-state index in [1.165, 1.54) is 0 Å². The summed E-state index contributed by atoms with van der Waals surface area (Å²) >= 11 is 0. The molecule has 0 saturated carbocycles. The molecule has 1 fully saturated rings. The molecule has 0 aromatic heterocycles. The minimum absolute atomic E-state index is 0.285. The van der Waals surface area contributed by atoms with E-state index >= 15 is 0 Å². The zero-order valence-corrected chi connectivity index (χ0v) is 17.5. The van der Waals surface area contributed by atoms with Gasteiger partial charge in [-0.1, -0.05) is 0 Å². The van der Waals surface area contributed by atoms with Crippen molar-refractivity contribution >= 4 is 12.4 Å². The third-order valence-electron chi connectivity index (χ3n) is 5.25. The van der Waals surface area contributed by atoms with Crippen molar-refractivity contribution in [1.29, 1.82) is 0 Å². The SMILES string of the molecule is Oc1ccc(C=NCCCN2CCN(CCCN=Cc3ccc(O)cc3)CC2)cc1. The van der Waals surface area contributed by atoms with Gasteiger partial charge in [-0.3, -0.25) is 9.98 Å². The maximum atomic E-state index is 9.29. The van der Waals surface area contributed by atoms with Crippen LogP contribution >= 0.6 is 0 Å². The number of rotatable bonds is 10. The highest BCUT2D eigenvalue weighted by molar-refractivity contribution is 5.80. The number of nitrogens with zero attached hydrogens (tertiary/aromatic N) is 4. The molecule has 1 saturated heterocycles. The summed E-state index contributed by atoms with van der Waals surface area (Å²) in [5.74, 6) is 0.571. The van der Waals surface area contributed by atoms with Gasteiger partial charge in [0.25, 0.3) is 0 Å². The lowest BCUT2D eigenvalue weighted by atomic mass is 10.2. The number of phenols is 2. The molecule has 0 unspecified atom stereocenters. The lowest BCUT2D eigenvalue weighted by Crippen LogP contribution is -2.46. The second-order valence-corrected chi connectivity index (χ2v) is 7.64. The predicted molar refractivity (Wildman–Crippen MR) is 123 cm³/mol. The fourth-order valence-electron chi connectivity index (χ4n) is 3.47. The minimum atomic E-state index is 0.285. The van der Waals surface area contributed by atoms with Gasteiger partial charge in [-0.2, -0.15) is 0 Å². The van der Waals surface area contributed by atoms with Crippen LogP contribution in [0.4, 0.5) is 0 Å². The summed E-state index contributed by atoms with van der Waals surface area (Å²) in [6.07, 6.45) is 5.89. The van der Waals surface area contributed by atoms with Crippen LogP contribution in [0.3, 0.4) is 0 Å². The standard InChI is InChI=1S/C24H32N4O2/c29-23-7-3-21(4-8-23)19-25-11-1-13-27-15-17-28(18-16-27)14-2-12-26-20-22-5-9-24(30)10-6-22/h3-10,19-20,29-30H,1-2,11-18H2. The van der Waals surface area contributed by atoms with Crippen molar-refractivity contribution in [3.8, 4) is 11.5 Å². The lowest BCUT2D eigenvalue weighted by molar-refractivity contribution is 0.131. The van der Waals surface area contributed by atoms with Crippen LogP contribution in [0.15, 0.2) is 58.5 Å². The van der Waals surface area contributed by atoms with Gasteiger partial charge in [-0.15, -0.1) is 0 Å². The zero-order valence-electron chi connectivity index (χ0n) is 17.5. The highest BCUT2D eigenvalue weighted by Gasteiger charge is 2.15. The molecule has 0 spiro atoms. The molecular formula is C24H32N4O2. The Morgan fingerprint density at radius 2 is 1.00 bits per heavy atom. The van der Waals surface area contributed by atoms with Gasteiger partial charge < -0.3 is 20.0 Å². The smallest absolute Gasteiger partial charge is 0.115 e. The first-order valence-corrected chi connectivity index (χ1v) is 10.7. The Bertz CT molecular complexity index is 725. The van der Waals surface area contributed by atoms with Crippen molar-refractivity contribution in [2.24, 2.45) is 9.98 Å². The van der Waals surface area contributed by atoms with E-state index < -0.39 is 0 Å². The average Bonchev–Trinajstić information content (AvgIpc) is 2.77. The van der Waals surface area contributed by atoms with Crippen LogP contribution in [0, 0.1) is 0 Å². The highest BCUT2D eigenvalue weighted by atomic mass is 16.3. The molecule has 1 aliphatic heterocycles. The fourth-order valence-corrected chi connectivity index (χ4v) is 3.47. The maximum absolute atomic E-state index is 9.29. The first kappa shape index (κ1) is 22.0. The van der Waals surface area contributed by atoms with Crippen molar-refractivity contribution in [1.82, 2.24) is 9.80 Å². The van der Waals surface area contributed by atoms with Crippen molar-refractivity contribution in [2.45, 2.75) is 12.8 Å². The average molecular weight is 409 g/mol. The molecule has 6 heteroatoms. The van der Waals surface area contributed by atoms with Crippen LogP contribution in [-0.2, 0) is 0 Å². The van der Waals surface area contributed by atoms with Gasteiger partial charge in [0.15, 0.2) is 0 Å². The molecule has 2 N–H and O–H groups in total. The topological polar surface area (TPSA) is 71.7 Å². The van der Waals surface area contributed by atoms with E-state index in [0.29, 0.717) is 0 Å². The molecule has 0 atom stereocenters. The number of hydrogen-bond donors (Lipinski definition) is 2. The Hall–Kier alpha value is -2.70. The second-order valence-electron chi connectivity index (χ2n) is 7.64. The van der Waals surface area contributed by atoms with E-state index in [9.17, 15) is 10.2 Å². The van der Waals surface area contributed by atoms with E-state index in [4.69, 9.17) is 0 Å². The number of hydrogen-bond acceptors (Lipinski definition) is 6. The third-order valence-corrected chi connectivity index (χ3v) is 5.25. The third kappa shape index (κ3) is 7.97. The molecule has 160 valence electrons. The quantitative estimate of drug-likeness (QED) is 0.468. The van der Waals surface area contributed by atoms with Gasteiger partial charge in [-0.05, 0) is 85.6 Å². The van der Waals surface area contributed by atoms with Crippen LogP contribution in [0.25, 0.3) is 0 Å². The lowest BCUT2D eigenvalue weighted by Gasteiger charge is -2.34. The summed E-state index contributed by atoms with van der Waals surface area (Å²) in [6.45, 7) is 8.35. The van der Waals surface area contributed by atoms with Gasteiger partial charge in [0.2, 0.25) is 0 Å². The highest BCUT2D eigenvalue weighted by Crippen LogP contribution is 2.09. The summed E-state index contributed by atoms with van der Waals surface area (Å²) in [5.41, 5.74) is 2.04. The van der Waals surface area contributed by atoms with E-state index in [1.807, 2.05) is 36.7 Å². The zero-order chi connectivity index (χ0) is 21.0. The van der Waals surface area contributed by atoms with Crippen LogP contribution in [0.5, 0.6) is 11.5 Å². The molecule has 2 aromatic carbocycles. The van der Waals surface area contributed by atoms with E-state index in [2.05, 4.69) is 19.8 Å². The molecule has 30 heavy (non-hydrogen) atoms. The van der Waals surface area contributed by atoms with Gasteiger partial charge in [-0.25, -0.2) is 0 Å². The van der Waals surface area contributed by atoms with Crippen molar-refractivity contribution in [2.75, 3.05) is 52.4 Å². The van der Waals surface area contributed by atoms with Crippen molar-refractivity contribution in [3.05, 3.63) is 59.7 Å². The van der Waals surface area contributed by atoms with E-state index in [-0.39, 0.29) is 11.5 Å². The molecule has 0 amide bonds. The first-order chi connectivity index (χ1) is 14.7. The Balaban J connectivity index is 1.22. The summed E-state index contributed by atoms with van der Waals surface area (Å²) in [7, 11) is 0.